The lowest BCUT2D eigenvalue weighted by molar-refractivity contribution is -0.295. The maximum absolute atomic E-state index is 16.5. The van der Waals surface area contributed by atoms with E-state index < -0.39 is 75.3 Å². The maximum Gasteiger partial charge on any atom is 0.339 e. The third-order valence-electron chi connectivity index (χ3n) is 24.4. The number of Topliss-reactive ketones (excluding diaryl/α,β-unsaturated/α-hetero) is 1. The lowest BCUT2D eigenvalue weighted by Crippen LogP contribution is -2.81. The Balaban J connectivity index is 0.880. The fourth-order valence-corrected chi connectivity index (χ4v) is 21.5. The molecule has 21 atom stereocenters. The van der Waals surface area contributed by atoms with Crippen molar-refractivity contribution in [2.45, 2.75) is 177 Å². The molecule has 0 unspecified atom stereocenters. The molecular weight excluding hydrogens is 933 g/mol. The Hall–Kier alpha value is -3.99. The highest BCUT2D eigenvalue weighted by atomic mass is 16.7. The van der Waals surface area contributed by atoms with Crippen molar-refractivity contribution in [1.82, 2.24) is 10.2 Å². The van der Waals surface area contributed by atoms with Gasteiger partial charge in [-0.05, 0) is 155 Å². The second-order valence-corrected chi connectivity index (χ2v) is 26.8. The largest absolute Gasteiger partial charge is 0.469 e. The van der Waals surface area contributed by atoms with Crippen LogP contribution in [0, 0.1) is 93.2 Å². The van der Waals surface area contributed by atoms with Gasteiger partial charge in [0.25, 0.3) is 0 Å². The number of ether oxygens (including phenoxy) is 4. The van der Waals surface area contributed by atoms with Crippen molar-refractivity contribution in [2.24, 2.45) is 81.3 Å². The Morgan fingerprint density at radius 2 is 1.74 bits per heavy atom. The molecular formula is C62H76N2O10. The normalized spacial score (nSPS) is 50.5. The number of aliphatic hydroxyl groups excluding tert-OH is 2. The lowest BCUT2D eigenvalue weighted by Gasteiger charge is -2.71. The van der Waals surface area contributed by atoms with Crippen LogP contribution in [0.15, 0.2) is 59.4 Å². The van der Waals surface area contributed by atoms with Gasteiger partial charge < -0.3 is 38.5 Å². The van der Waals surface area contributed by atoms with E-state index in [2.05, 4.69) is 78.5 Å². The number of epoxide rings is 1. The molecule has 13 aliphatic rings. The molecule has 74 heavy (non-hydrogen) atoms. The molecule has 6 saturated carbocycles. The van der Waals surface area contributed by atoms with Crippen LogP contribution in [-0.2, 0) is 51.8 Å². The fraction of sp³-hybridized carbons (Fsp3) is 0.726. The number of benzene rings is 1. The summed E-state index contributed by atoms with van der Waals surface area (Å²) < 4.78 is 35.0. The van der Waals surface area contributed by atoms with Crippen molar-refractivity contribution < 1.29 is 48.0 Å². The average molecular weight is 1010 g/mol. The quantitative estimate of drug-likeness (QED) is 0.147. The summed E-state index contributed by atoms with van der Waals surface area (Å²) in [5.74, 6) is 7.72. The van der Waals surface area contributed by atoms with Crippen molar-refractivity contribution in [1.29, 1.82) is 0 Å². The number of carbonyl (C=O) groups excluding carboxylic acids is 3. The van der Waals surface area contributed by atoms with Gasteiger partial charge in [0.15, 0.2) is 17.5 Å². The number of aliphatic hydroxyl groups is 2. The second kappa shape index (κ2) is 16.5. The van der Waals surface area contributed by atoms with Crippen LogP contribution in [0.1, 0.15) is 133 Å². The zero-order chi connectivity index (χ0) is 50.1. The number of nitrogens with zero attached hydrogens (tertiary/aromatic N) is 1. The number of rotatable bonds is 6. The molecule has 394 valence electrons. The van der Waals surface area contributed by atoms with Gasteiger partial charge in [-0.25, -0.2) is 4.79 Å². The van der Waals surface area contributed by atoms with Crippen molar-refractivity contribution in [3.05, 3.63) is 71.8 Å². The highest BCUT2D eigenvalue weighted by Crippen LogP contribution is 2.84. The van der Waals surface area contributed by atoms with Gasteiger partial charge >= 0.3 is 11.9 Å². The van der Waals surface area contributed by atoms with E-state index in [0.717, 1.165) is 95.8 Å². The number of fused-ring (bicyclic) bond motifs is 5. The first kappa shape index (κ1) is 47.2. The van der Waals surface area contributed by atoms with Crippen LogP contribution in [0.25, 0.3) is 0 Å². The first-order valence-electron chi connectivity index (χ1n) is 29.3. The number of nitrogens with one attached hydrogen (secondary N) is 1. The number of cyclic esters (lactones) is 1. The fourth-order valence-electron chi connectivity index (χ4n) is 21.5. The number of furan rings is 1. The maximum atomic E-state index is 16.5. The molecule has 7 aliphatic carbocycles. The summed E-state index contributed by atoms with van der Waals surface area (Å²) in [7, 11) is 0. The Morgan fingerprint density at radius 1 is 0.892 bits per heavy atom. The SMILES string of the molecule is C[C@]12CC[C@@H]3[C@@]45COC(=O)C[C@@H]4O[C@](C)(C4CCCCC4)[C@H]5C(=O)[C@@H](O)[C@]34[C@H]3C[C@H](Cc5ccccc5)CC[C@H]3C#CC[C@@]1(c1ccoc1C[C@@H]1[C@H]3C[C@H]5C=CN6CNC[C@H]6[C@@H]5C[C@@H]3CC[C@H]1O)OC(=O)[C@H]1O[C@@]142. The van der Waals surface area contributed by atoms with Crippen LogP contribution in [0.5, 0.6) is 0 Å². The predicted octanol–water partition coefficient (Wildman–Crippen LogP) is 7.82. The minimum atomic E-state index is -1.50. The predicted molar refractivity (Wildman–Crippen MR) is 270 cm³/mol. The third kappa shape index (κ3) is 5.98. The molecule has 15 rings (SSSR count). The van der Waals surface area contributed by atoms with E-state index in [9.17, 15) is 15.0 Å². The molecule has 1 aromatic heterocycles. The Morgan fingerprint density at radius 3 is 2.59 bits per heavy atom. The third-order valence-corrected chi connectivity index (χ3v) is 24.4. The molecule has 6 aliphatic heterocycles. The molecule has 5 saturated heterocycles. The molecule has 11 fully saturated rings. The van der Waals surface area contributed by atoms with Crippen LogP contribution in [0.3, 0.4) is 0 Å². The van der Waals surface area contributed by atoms with Crippen LogP contribution >= 0.6 is 0 Å². The second-order valence-electron chi connectivity index (χ2n) is 26.8. The van der Waals surface area contributed by atoms with Gasteiger partial charge in [0.05, 0.1) is 49.5 Å². The lowest BCUT2D eigenvalue weighted by atomic mass is 9.31. The van der Waals surface area contributed by atoms with E-state index in [1.54, 1.807) is 6.26 Å². The minimum absolute atomic E-state index is 0.0306. The van der Waals surface area contributed by atoms with E-state index in [-0.39, 0.29) is 60.8 Å². The Labute approximate surface area is 435 Å². The van der Waals surface area contributed by atoms with Crippen molar-refractivity contribution in [2.75, 3.05) is 19.8 Å². The molecule has 12 nitrogen and oxygen atoms in total. The number of carbonyl (C=O) groups is 3. The summed E-state index contributed by atoms with van der Waals surface area (Å²) in [6.45, 7) is 6.29. The van der Waals surface area contributed by atoms with Gasteiger partial charge in [0, 0.05) is 46.7 Å². The smallest absolute Gasteiger partial charge is 0.339 e. The monoisotopic (exact) mass is 1010 g/mol. The average Bonchev–Trinajstić information content (AvgIpc) is 3.10. The van der Waals surface area contributed by atoms with Gasteiger partial charge in [0.2, 0.25) is 0 Å². The first-order chi connectivity index (χ1) is 35.9. The Bertz CT molecular complexity index is 2720. The van der Waals surface area contributed by atoms with E-state index in [1.807, 2.05) is 6.07 Å². The summed E-state index contributed by atoms with van der Waals surface area (Å²) >= 11 is 0. The summed E-state index contributed by atoms with van der Waals surface area (Å²) in [4.78, 5) is 48.2. The standard InChI is InChI=1S/C62H76N2O10/c1-57-23-19-49-59-33-71-51(66)31-50(59)72-58(2,40-13-7-4-8-14-40)53(59)52(67)54(68)61(49)45-27-36(26-35-10-5-3-6-11-35)15-16-37(45)12-9-22-60(57,74-56(69)55-62(57,61)73-55)44-21-25-70-48(44)30-43-41-28-39-20-24-64-34-63-32-46(64)42(39)29-38(41)17-18-47(43)65/h3,5-6,10-11,20-21,24-25,36-43,45-47,49-50,53-55,63,65,68H,4,7-8,13-19,22-23,26-34H2,1-2H3/t36-,37+,38-,39+,41-,42+,43+,45-,46-,47+,49+,50-,53+,54+,55+,57-,58+,59-,60-,61-,62+/m0/s1. The molecule has 3 spiro atoms. The summed E-state index contributed by atoms with van der Waals surface area (Å²) in [5, 5.41) is 29.9. The molecule has 2 aromatic rings. The van der Waals surface area contributed by atoms with E-state index in [0.29, 0.717) is 61.2 Å². The van der Waals surface area contributed by atoms with Crippen LogP contribution in [0.2, 0.25) is 0 Å². The van der Waals surface area contributed by atoms with Crippen molar-refractivity contribution >= 4 is 17.7 Å². The van der Waals surface area contributed by atoms with Crippen LogP contribution < -0.4 is 5.32 Å². The number of ketones is 1. The summed E-state index contributed by atoms with van der Waals surface area (Å²) in [6.07, 6.45) is 17.0. The zero-order valence-corrected chi connectivity index (χ0v) is 43.4. The van der Waals surface area contributed by atoms with Crippen molar-refractivity contribution in [3.8, 4) is 11.8 Å². The molecule has 0 radical (unpaired) electrons. The molecule has 3 N–H and O–H groups in total. The summed E-state index contributed by atoms with van der Waals surface area (Å²) in [5.41, 5.74) is -4.89. The van der Waals surface area contributed by atoms with Gasteiger partial charge in [-0.15, -0.1) is 0 Å². The van der Waals surface area contributed by atoms with Crippen molar-refractivity contribution in [3.63, 3.8) is 0 Å². The highest BCUT2D eigenvalue weighted by molar-refractivity contribution is 5.92. The molecule has 7 heterocycles. The first-order valence-corrected chi connectivity index (χ1v) is 29.3. The minimum Gasteiger partial charge on any atom is -0.469 e. The number of hydrogen-bond donors (Lipinski definition) is 3. The number of allylic oxidation sites excluding steroid dienone is 1. The number of hydrogen-bond acceptors (Lipinski definition) is 12. The zero-order valence-electron chi connectivity index (χ0n) is 43.4. The van der Waals surface area contributed by atoms with Gasteiger partial charge in [-0.3, -0.25) is 14.9 Å². The van der Waals surface area contributed by atoms with Gasteiger partial charge in [-0.1, -0.05) is 74.4 Å². The molecule has 0 amide bonds. The van der Waals surface area contributed by atoms with Crippen LogP contribution in [0.4, 0.5) is 0 Å². The topological polar surface area (TPSA) is 160 Å². The number of esters is 2. The Kier molecular flexibility index (Phi) is 10.5. The molecule has 4 bridgehead atoms. The molecule has 12 heteroatoms. The molecule has 1 aromatic carbocycles. The van der Waals surface area contributed by atoms with E-state index in [4.69, 9.17) is 23.4 Å². The van der Waals surface area contributed by atoms with Gasteiger partial charge in [-0.2, -0.15) is 0 Å². The van der Waals surface area contributed by atoms with E-state index >= 15 is 9.59 Å². The van der Waals surface area contributed by atoms with E-state index in [1.165, 1.54) is 5.56 Å². The van der Waals surface area contributed by atoms with Crippen LogP contribution in [-0.4, -0.2) is 94.3 Å². The van der Waals surface area contributed by atoms with Gasteiger partial charge in [0.1, 0.15) is 24.1 Å². The highest BCUT2D eigenvalue weighted by Gasteiger charge is 2.95. The summed E-state index contributed by atoms with van der Waals surface area (Å²) in [6, 6.07) is 13.1.